The van der Waals surface area contributed by atoms with Crippen molar-refractivity contribution < 1.29 is 0 Å². The first-order valence-corrected chi connectivity index (χ1v) is 4.25. The van der Waals surface area contributed by atoms with Crippen LogP contribution in [0.25, 0.3) is 0 Å². The van der Waals surface area contributed by atoms with E-state index in [9.17, 15) is 0 Å². The highest BCUT2D eigenvalue weighted by Crippen LogP contribution is 2.18. The largest absolute Gasteiger partial charge is 0.121 e. The van der Waals surface area contributed by atoms with Crippen molar-refractivity contribution in [1.29, 1.82) is 0 Å². The molecular weight excluding hydrogens is 178 g/mol. The van der Waals surface area contributed by atoms with E-state index in [4.69, 9.17) is 34.8 Å². The molecule has 2 unspecified atom stereocenters. The minimum atomic E-state index is -0.201. The van der Waals surface area contributed by atoms with E-state index in [0.29, 0.717) is 0 Å². The Hall–Kier alpha value is 0.870. The maximum Gasteiger partial charge on any atom is 0.0692 e. The maximum atomic E-state index is 5.78. The molecule has 0 spiro atoms. The minimum absolute atomic E-state index is 0.0193. The van der Waals surface area contributed by atoms with Crippen molar-refractivity contribution in [1.82, 2.24) is 0 Å². The van der Waals surface area contributed by atoms with E-state index in [2.05, 4.69) is 6.92 Å². The van der Waals surface area contributed by atoms with Crippen LogP contribution in [-0.4, -0.2) is 10.8 Å². The van der Waals surface area contributed by atoms with Crippen molar-refractivity contribution in [2.24, 2.45) is 0 Å². The number of halogens is 3. The van der Waals surface area contributed by atoms with Crippen LogP contribution in [0.1, 0.15) is 19.8 Å². The third kappa shape index (κ3) is 4.30. The third-order valence-corrected chi connectivity index (χ3v) is 2.48. The molecule has 0 nitrogen and oxygen atoms in total. The Labute approximate surface area is 71.5 Å². The highest BCUT2D eigenvalue weighted by atomic mass is 35.5. The van der Waals surface area contributed by atoms with Gasteiger partial charge in [0.1, 0.15) is 0 Å². The topological polar surface area (TPSA) is 0 Å². The van der Waals surface area contributed by atoms with Crippen molar-refractivity contribution >= 4 is 34.8 Å². The molecular formula is C6H10Cl3. The van der Waals surface area contributed by atoms with Gasteiger partial charge >= 0.3 is 0 Å². The lowest BCUT2D eigenvalue weighted by Crippen LogP contribution is -2.12. The van der Waals surface area contributed by atoms with Crippen molar-refractivity contribution in [3.8, 4) is 0 Å². The molecule has 0 aliphatic carbocycles. The fourth-order valence-electron chi connectivity index (χ4n) is 0.514. The quantitative estimate of drug-likeness (QED) is 0.593. The third-order valence-electron chi connectivity index (χ3n) is 1.03. The van der Waals surface area contributed by atoms with Gasteiger partial charge in [0.05, 0.1) is 16.6 Å². The molecule has 0 heterocycles. The van der Waals surface area contributed by atoms with Crippen LogP contribution >= 0.6 is 34.8 Å². The highest BCUT2D eigenvalue weighted by Gasteiger charge is 2.13. The molecule has 0 saturated carbocycles. The second kappa shape index (κ2) is 5.64. The Morgan fingerprint density at radius 2 is 2.00 bits per heavy atom. The maximum absolute atomic E-state index is 5.78. The molecule has 2 atom stereocenters. The predicted molar refractivity (Wildman–Crippen MR) is 44.3 cm³/mol. The summed E-state index contributed by atoms with van der Waals surface area (Å²) in [5.41, 5.74) is 0. The molecule has 1 radical (unpaired) electrons. The summed E-state index contributed by atoms with van der Waals surface area (Å²) in [7, 11) is 0. The Morgan fingerprint density at radius 1 is 1.44 bits per heavy atom. The summed E-state index contributed by atoms with van der Waals surface area (Å²) >= 11 is 16.8. The first-order valence-electron chi connectivity index (χ1n) is 2.94. The van der Waals surface area contributed by atoms with E-state index in [-0.39, 0.29) is 10.8 Å². The van der Waals surface area contributed by atoms with Crippen LogP contribution in [0.3, 0.4) is 0 Å². The van der Waals surface area contributed by atoms with Gasteiger partial charge in [-0.2, -0.15) is 0 Å². The standard InChI is InChI=1S/C6H10Cl3/c1-2-3-5(8)6(9)4-7/h4-6H,2-3H2,1H3. The van der Waals surface area contributed by atoms with E-state index in [1.54, 1.807) is 0 Å². The summed E-state index contributed by atoms with van der Waals surface area (Å²) in [6.07, 6.45) is 1.96. The van der Waals surface area contributed by atoms with E-state index in [1.807, 2.05) is 0 Å². The van der Waals surface area contributed by atoms with Crippen molar-refractivity contribution in [2.75, 3.05) is 0 Å². The van der Waals surface area contributed by atoms with E-state index >= 15 is 0 Å². The minimum Gasteiger partial charge on any atom is -0.121 e. The highest BCUT2D eigenvalue weighted by molar-refractivity contribution is 6.36. The molecule has 55 valence electrons. The monoisotopic (exact) mass is 187 g/mol. The fourth-order valence-corrected chi connectivity index (χ4v) is 1.18. The van der Waals surface area contributed by atoms with E-state index in [0.717, 1.165) is 12.8 Å². The average molecular weight is 189 g/mol. The van der Waals surface area contributed by atoms with Crippen LogP contribution in [0.4, 0.5) is 0 Å². The van der Waals surface area contributed by atoms with Crippen LogP contribution in [0, 0.1) is 5.88 Å². The summed E-state index contributed by atoms with van der Waals surface area (Å²) in [4.78, 5) is 0. The molecule has 0 saturated heterocycles. The van der Waals surface area contributed by atoms with Crippen LogP contribution in [-0.2, 0) is 0 Å². The van der Waals surface area contributed by atoms with Crippen molar-refractivity contribution in [3.05, 3.63) is 5.88 Å². The molecule has 0 aromatic rings. The zero-order valence-electron chi connectivity index (χ0n) is 5.28. The van der Waals surface area contributed by atoms with Gasteiger partial charge in [-0.05, 0) is 6.42 Å². The molecule has 3 heteroatoms. The summed E-state index contributed by atoms with van der Waals surface area (Å²) in [5, 5.41) is -0.220. The second-order valence-electron chi connectivity index (χ2n) is 1.88. The van der Waals surface area contributed by atoms with Gasteiger partial charge in [-0.25, -0.2) is 0 Å². The van der Waals surface area contributed by atoms with Crippen molar-refractivity contribution in [2.45, 2.75) is 30.5 Å². The van der Waals surface area contributed by atoms with E-state index < -0.39 is 0 Å². The molecule has 0 aromatic heterocycles. The first-order chi connectivity index (χ1) is 4.22. The molecule has 0 aromatic carbocycles. The molecule has 0 aliphatic heterocycles. The Kier molecular flexibility index (Phi) is 6.18. The lowest BCUT2D eigenvalue weighted by Gasteiger charge is -2.10. The number of hydrogen-bond donors (Lipinski definition) is 0. The van der Waals surface area contributed by atoms with Crippen LogP contribution in [0.2, 0.25) is 0 Å². The van der Waals surface area contributed by atoms with Gasteiger partial charge in [0.25, 0.3) is 0 Å². The molecule has 0 aliphatic rings. The lowest BCUT2D eigenvalue weighted by atomic mass is 10.2. The van der Waals surface area contributed by atoms with Crippen LogP contribution in [0.5, 0.6) is 0 Å². The lowest BCUT2D eigenvalue weighted by molar-refractivity contribution is 0.736. The van der Waals surface area contributed by atoms with E-state index in [1.165, 1.54) is 5.88 Å². The van der Waals surface area contributed by atoms with Gasteiger partial charge < -0.3 is 0 Å². The van der Waals surface area contributed by atoms with Gasteiger partial charge in [-0.15, -0.1) is 34.8 Å². The summed E-state index contributed by atoms with van der Waals surface area (Å²) < 4.78 is 0. The van der Waals surface area contributed by atoms with Crippen LogP contribution in [0.15, 0.2) is 0 Å². The summed E-state index contributed by atoms with van der Waals surface area (Å²) in [5.74, 6) is 1.40. The van der Waals surface area contributed by atoms with Gasteiger partial charge in [0, 0.05) is 0 Å². The number of rotatable bonds is 4. The predicted octanol–water partition coefficient (Wildman–Crippen LogP) is 3.40. The molecule has 0 amide bonds. The Morgan fingerprint density at radius 3 is 2.33 bits per heavy atom. The zero-order valence-corrected chi connectivity index (χ0v) is 7.55. The number of hydrogen-bond acceptors (Lipinski definition) is 0. The van der Waals surface area contributed by atoms with Gasteiger partial charge in [-0.1, -0.05) is 13.3 Å². The smallest absolute Gasteiger partial charge is 0.0692 e. The Balaban J connectivity index is 3.32. The van der Waals surface area contributed by atoms with Crippen LogP contribution < -0.4 is 0 Å². The average Bonchev–Trinajstić information content (AvgIpc) is 1.87. The van der Waals surface area contributed by atoms with Gasteiger partial charge in [-0.3, -0.25) is 0 Å². The van der Waals surface area contributed by atoms with Gasteiger partial charge in [0.2, 0.25) is 0 Å². The second-order valence-corrected chi connectivity index (χ2v) is 3.19. The molecule has 0 rings (SSSR count). The fraction of sp³-hybridized carbons (Fsp3) is 0.833. The molecule has 0 fully saturated rings. The molecule has 9 heavy (non-hydrogen) atoms. The SMILES string of the molecule is CCCC(Cl)C(Cl)[CH]Cl. The van der Waals surface area contributed by atoms with Gasteiger partial charge in [0.15, 0.2) is 0 Å². The number of alkyl halides is 2. The molecule has 0 bridgehead atoms. The van der Waals surface area contributed by atoms with Crippen molar-refractivity contribution in [3.63, 3.8) is 0 Å². The molecule has 0 N–H and O–H groups in total. The summed E-state index contributed by atoms with van der Waals surface area (Å²) in [6, 6.07) is 0. The zero-order chi connectivity index (χ0) is 7.28. The summed E-state index contributed by atoms with van der Waals surface area (Å²) in [6.45, 7) is 2.06. The Bertz CT molecular complexity index is 65.3. The normalized spacial score (nSPS) is 17.3. The first kappa shape index (κ1) is 9.87.